The Hall–Kier alpha value is -1.26. The molecule has 0 saturated heterocycles. The molecule has 0 rings (SSSR count). The summed E-state index contributed by atoms with van der Waals surface area (Å²) in [7, 11) is 0. The number of esters is 1. The molecule has 0 radical (unpaired) electrons. The highest BCUT2D eigenvalue weighted by molar-refractivity contribution is 5.77. The van der Waals surface area contributed by atoms with Gasteiger partial charge in [0.15, 0.2) is 0 Å². The van der Waals surface area contributed by atoms with Crippen LogP contribution in [0.15, 0.2) is 0 Å². The molecule has 0 bridgehead atoms. The quantitative estimate of drug-likeness (QED) is 0.510. The van der Waals surface area contributed by atoms with Gasteiger partial charge in [0.2, 0.25) is 0 Å². The second-order valence-corrected chi connectivity index (χ2v) is 7.73. The van der Waals surface area contributed by atoms with Crippen molar-refractivity contribution in [2.75, 3.05) is 19.8 Å². The van der Waals surface area contributed by atoms with Crippen molar-refractivity contribution in [3.8, 4) is 0 Å². The van der Waals surface area contributed by atoms with Crippen LogP contribution >= 0.6 is 0 Å². The minimum atomic E-state index is -0.553. The van der Waals surface area contributed by atoms with Crippen LogP contribution in [0.1, 0.15) is 67.7 Å². The van der Waals surface area contributed by atoms with Crippen LogP contribution in [0.2, 0.25) is 0 Å². The van der Waals surface area contributed by atoms with Crippen LogP contribution in [0.3, 0.4) is 0 Å². The van der Waals surface area contributed by atoms with Gasteiger partial charge in [-0.15, -0.1) is 0 Å². The van der Waals surface area contributed by atoms with Crippen molar-refractivity contribution in [3.05, 3.63) is 0 Å². The van der Waals surface area contributed by atoms with Gasteiger partial charge in [-0.3, -0.25) is 4.79 Å². The molecular formula is C18H35NO4. The van der Waals surface area contributed by atoms with Gasteiger partial charge < -0.3 is 14.8 Å². The van der Waals surface area contributed by atoms with E-state index in [1.165, 1.54) is 0 Å². The molecule has 0 spiro atoms. The molecule has 0 aromatic rings. The summed E-state index contributed by atoms with van der Waals surface area (Å²) in [6, 6.07) is 0. The van der Waals surface area contributed by atoms with Gasteiger partial charge in [0.1, 0.15) is 6.61 Å². The molecule has 1 amide bonds. The predicted octanol–water partition coefficient (Wildman–Crippen LogP) is 4.15. The topological polar surface area (TPSA) is 64.6 Å². The van der Waals surface area contributed by atoms with E-state index in [1.807, 2.05) is 13.8 Å². The number of carbonyl (C=O) groups is 2. The highest BCUT2D eigenvalue weighted by Gasteiger charge is 2.45. The van der Waals surface area contributed by atoms with Gasteiger partial charge in [-0.05, 0) is 31.1 Å². The number of nitrogens with one attached hydrogen (secondary N) is 1. The summed E-state index contributed by atoms with van der Waals surface area (Å²) in [5.74, 6) is 0.193. The summed E-state index contributed by atoms with van der Waals surface area (Å²) in [5, 5.41) is 2.59. The SMILES string of the molecule is CCCCOC(=O)NCCOC(=O)C(C)(CC(C)C)C(C)(C)C. The van der Waals surface area contributed by atoms with Crippen LogP contribution < -0.4 is 5.32 Å². The first kappa shape index (κ1) is 21.7. The van der Waals surface area contributed by atoms with E-state index < -0.39 is 11.5 Å². The number of ether oxygens (including phenoxy) is 2. The number of alkyl carbamates (subject to hydrolysis) is 1. The van der Waals surface area contributed by atoms with Crippen molar-refractivity contribution in [2.24, 2.45) is 16.7 Å². The number of unbranched alkanes of at least 4 members (excludes halogenated alkanes) is 1. The van der Waals surface area contributed by atoms with Gasteiger partial charge in [-0.25, -0.2) is 4.79 Å². The fraction of sp³-hybridized carbons (Fsp3) is 0.889. The molecule has 136 valence electrons. The summed E-state index contributed by atoms with van der Waals surface area (Å²) in [6.07, 6.45) is 2.13. The Balaban J connectivity index is 4.32. The predicted molar refractivity (Wildman–Crippen MR) is 92.2 cm³/mol. The standard InChI is InChI=1S/C18H35NO4/c1-8-9-11-23-16(21)19-10-12-22-15(20)18(7,13-14(2)3)17(4,5)6/h14H,8-13H2,1-7H3,(H,19,21). The van der Waals surface area contributed by atoms with Crippen molar-refractivity contribution in [1.29, 1.82) is 0 Å². The maximum Gasteiger partial charge on any atom is 0.407 e. The minimum Gasteiger partial charge on any atom is -0.463 e. The number of carbonyl (C=O) groups excluding carboxylic acids is 2. The lowest BCUT2D eigenvalue weighted by atomic mass is 9.64. The van der Waals surface area contributed by atoms with Gasteiger partial charge in [0.05, 0.1) is 18.6 Å². The fourth-order valence-electron chi connectivity index (χ4n) is 2.33. The molecule has 0 aliphatic rings. The highest BCUT2D eigenvalue weighted by atomic mass is 16.6. The molecule has 0 aliphatic carbocycles. The van der Waals surface area contributed by atoms with E-state index in [9.17, 15) is 9.59 Å². The third-order valence-electron chi connectivity index (χ3n) is 4.26. The van der Waals surface area contributed by atoms with Gasteiger partial charge in [0.25, 0.3) is 0 Å². The Morgan fingerprint density at radius 1 is 1.04 bits per heavy atom. The zero-order valence-electron chi connectivity index (χ0n) is 16.0. The Morgan fingerprint density at radius 2 is 1.65 bits per heavy atom. The first-order valence-electron chi connectivity index (χ1n) is 8.62. The third kappa shape index (κ3) is 7.71. The van der Waals surface area contributed by atoms with Crippen LogP contribution in [0.25, 0.3) is 0 Å². The Bertz CT molecular complexity index is 374. The van der Waals surface area contributed by atoms with Crippen molar-refractivity contribution < 1.29 is 19.1 Å². The second-order valence-electron chi connectivity index (χ2n) is 7.73. The molecule has 5 nitrogen and oxygen atoms in total. The molecule has 5 heteroatoms. The monoisotopic (exact) mass is 329 g/mol. The van der Waals surface area contributed by atoms with E-state index in [-0.39, 0.29) is 24.5 Å². The van der Waals surface area contributed by atoms with Gasteiger partial charge in [0, 0.05) is 0 Å². The van der Waals surface area contributed by atoms with E-state index in [1.54, 1.807) is 0 Å². The highest BCUT2D eigenvalue weighted by Crippen LogP contribution is 2.44. The van der Waals surface area contributed by atoms with Crippen molar-refractivity contribution in [3.63, 3.8) is 0 Å². The zero-order chi connectivity index (χ0) is 18.1. The van der Waals surface area contributed by atoms with Crippen LogP contribution in [0.5, 0.6) is 0 Å². The number of rotatable bonds is 9. The molecule has 0 saturated carbocycles. The lowest BCUT2D eigenvalue weighted by Crippen LogP contribution is -2.43. The Morgan fingerprint density at radius 3 is 2.13 bits per heavy atom. The summed E-state index contributed by atoms with van der Waals surface area (Å²) >= 11 is 0. The van der Waals surface area contributed by atoms with E-state index in [0.29, 0.717) is 12.5 Å². The maximum absolute atomic E-state index is 12.5. The second kappa shape index (κ2) is 9.78. The molecule has 1 unspecified atom stereocenters. The molecule has 0 heterocycles. The van der Waals surface area contributed by atoms with Crippen LogP contribution in [-0.4, -0.2) is 31.8 Å². The average Bonchev–Trinajstić information content (AvgIpc) is 2.41. The van der Waals surface area contributed by atoms with E-state index in [0.717, 1.165) is 19.3 Å². The van der Waals surface area contributed by atoms with E-state index in [2.05, 4.69) is 39.9 Å². The summed E-state index contributed by atoms with van der Waals surface area (Å²) in [6.45, 7) is 15.2. The first-order chi connectivity index (χ1) is 10.5. The number of amides is 1. The molecule has 23 heavy (non-hydrogen) atoms. The molecule has 0 aliphatic heterocycles. The van der Waals surface area contributed by atoms with Crippen LogP contribution in [0, 0.1) is 16.7 Å². The lowest BCUT2D eigenvalue weighted by molar-refractivity contribution is -0.163. The number of hydrogen-bond donors (Lipinski definition) is 1. The molecule has 0 fully saturated rings. The number of hydrogen-bond acceptors (Lipinski definition) is 4. The van der Waals surface area contributed by atoms with Crippen molar-refractivity contribution in [1.82, 2.24) is 5.32 Å². The normalized spacial score (nSPS) is 14.3. The zero-order valence-corrected chi connectivity index (χ0v) is 16.0. The summed E-state index contributed by atoms with van der Waals surface area (Å²) < 4.78 is 10.4. The smallest absolute Gasteiger partial charge is 0.407 e. The maximum atomic E-state index is 12.5. The van der Waals surface area contributed by atoms with Crippen molar-refractivity contribution in [2.45, 2.75) is 67.7 Å². The molecular weight excluding hydrogens is 294 g/mol. The van der Waals surface area contributed by atoms with Gasteiger partial charge in [-0.1, -0.05) is 48.0 Å². The molecule has 1 N–H and O–H groups in total. The van der Waals surface area contributed by atoms with E-state index >= 15 is 0 Å². The molecule has 1 atom stereocenters. The van der Waals surface area contributed by atoms with Crippen molar-refractivity contribution >= 4 is 12.1 Å². The first-order valence-corrected chi connectivity index (χ1v) is 8.62. The Kier molecular flexibility index (Phi) is 9.25. The fourth-order valence-corrected chi connectivity index (χ4v) is 2.33. The van der Waals surface area contributed by atoms with Gasteiger partial charge >= 0.3 is 12.1 Å². The van der Waals surface area contributed by atoms with E-state index in [4.69, 9.17) is 9.47 Å². The molecule has 0 aromatic carbocycles. The summed E-state index contributed by atoms with van der Waals surface area (Å²) in [4.78, 5) is 23.9. The largest absolute Gasteiger partial charge is 0.463 e. The summed E-state index contributed by atoms with van der Waals surface area (Å²) in [5.41, 5.74) is -0.746. The third-order valence-corrected chi connectivity index (χ3v) is 4.26. The van der Waals surface area contributed by atoms with Crippen LogP contribution in [-0.2, 0) is 14.3 Å². The average molecular weight is 329 g/mol. The lowest BCUT2D eigenvalue weighted by Gasteiger charge is -2.40. The Labute approximate surface area is 141 Å². The van der Waals surface area contributed by atoms with Gasteiger partial charge in [-0.2, -0.15) is 0 Å². The minimum absolute atomic E-state index is 0.158. The molecule has 0 aromatic heterocycles. The van der Waals surface area contributed by atoms with Crippen LogP contribution in [0.4, 0.5) is 4.79 Å².